The number of aliphatic imine (C=N–C) groups is 1. The number of nitrogens with one attached hydrogen (secondary N) is 6. The summed E-state index contributed by atoms with van der Waals surface area (Å²) in [6.07, 6.45) is 4.82. The number of amides is 3. The fraction of sp³-hybridized carbons (Fsp3) is 0.696. The van der Waals surface area contributed by atoms with E-state index in [1.54, 1.807) is 13.3 Å². The minimum Gasteiger partial charge on any atom is -0.480 e. The molecule has 0 spiro atoms. The molecule has 9 N–H and O–H groups in total. The van der Waals surface area contributed by atoms with Gasteiger partial charge in [-0.25, -0.2) is 10.2 Å². The number of aliphatic carboxylic acids is 1. The molecule has 0 bridgehead atoms. The first-order valence-corrected chi connectivity index (χ1v) is 12.3. The monoisotopic (exact) mass is 508 g/mol. The minimum absolute atomic E-state index is 0.0238. The van der Waals surface area contributed by atoms with Gasteiger partial charge in [0.1, 0.15) is 18.2 Å². The molecule has 5 atom stereocenters. The molecule has 0 saturated carbocycles. The van der Waals surface area contributed by atoms with Gasteiger partial charge in [-0.05, 0) is 31.6 Å². The highest BCUT2D eigenvalue weighted by Gasteiger charge is 2.32. The van der Waals surface area contributed by atoms with Gasteiger partial charge in [-0.1, -0.05) is 19.9 Å². The van der Waals surface area contributed by atoms with Crippen molar-refractivity contribution in [2.24, 2.45) is 16.8 Å². The van der Waals surface area contributed by atoms with E-state index in [4.69, 9.17) is 5.84 Å². The molecule has 0 aromatic carbocycles. The number of hydrogen-bond donors (Lipinski definition) is 8. The number of likely N-dealkylation sites (N-methyl/N-ethyl adjacent to an activating group) is 1. The lowest BCUT2D eigenvalue weighted by Gasteiger charge is -2.32. The van der Waals surface area contributed by atoms with Crippen molar-refractivity contribution in [2.45, 2.75) is 76.3 Å². The first-order chi connectivity index (χ1) is 17.1. The molecule has 2 aliphatic rings. The van der Waals surface area contributed by atoms with E-state index in [1.807, 2.05) is 19.9 Å². The normalized spacial score (nSPS) is 24.5. The van der Waals surface area contributed by atoms with Gasteiger partial charge in [0.2, 0.25) is 17.7 Å². The van der Waals surface area contributed by atoms with Crippen LogP contribution in [0.25, 0.3) is 0 Å². The number of nitrogens with zero attached hydrogens (tertiary/aromatic N) is 1. The van der Waals surface area contributed by atoms with Crippen LogP contribution in [0.1, 0.15) is 46.0 Å². The SMILES string of the molecule is CNC(=O)C1N[C@H](CN[C@H]2CC=C(C(=O)N[C@@H](CCC(=O)NCC(C)C)C(=O)O)CC2)C=NC1NN. The van der Waals surface area contributed by atoms with E-state index in [1.165, 1.54) is 0 Å². The topological polar surface area (TPSA) is 199 Å². The quantitative estimate of drug-likeness (QED) is 0.104. The van der Waals surface area contributed by atoms with Crippen molar-refractivity contribution in [1.82, 2.24) is 32.0 Å². The van der Waals surface area contributed by atoms with E-state index in [9.17, 15) is 24.3 Å². The van der Waals surface area contributed by atoms with Gasteiger partial charge in [0.15, 0.2) is 0 Å². The van der Waals surface area contributed by atoms with Crippen LogP contribution in [0.5, 0.6) is 0 Å². The summed E-state index contributed by atoms with van der Waals surface area (Å²) in [5.74, 6) is 3.74. The Balaban J connectivity index is 1.80. The summed E-state index contributed by atoms with van der Waals surface area (Å²) in [4.78, 5) is 52.5. The maximum atomic E-state index is 12.6. The molecule has 1 heterocycles. The lowest BCUT2D eigenvalue weighted by molar-refractivity contribution is -0.141. The Morgan fingerprint density at radius 2 is 2.03 bits per heavy atom. The van der Waals surface area contributed by atoms with Crippen LogP contribution in [-0.2, 0) is 19.2 Å². The van der Waals surface area contributed by atoms with Gasteiger partial charge in [0.05, 0.1) is 6.04 Å². The predicted molar refractivity (Wildman–Crippen MR) is 135 cm³/mol. The summed E-state index contributed by atoms with van der Waals surface area (Å²) in [6.45, 7) is 5.00. The van der Waals surface area contributed by atoms with Gasteiger partial charge in [0, 0.05) is 44.4 Å². The Bertz CT molecular complexity index is 846. The van der Waals surface area contributed by atoms with Gasteiger partial charge in [-0.15, -0.1) is 0 Å². The average molecular weight is 509 g/mol. The molecule has 0 radical (unpaired) electrons. The van der Waals surface area contributed by atoms with Crippen molar-refractivity contribution in [3.8, 4) is 0 Å². The summed E-state index contributed by atoms with van der Waals surface area (Å²) in [5.41, 5.74) is 3.05. The van der Waals surface area contributed by atoms with Crippen LogP contribution in [-0.4, -0.2) is 85.5 Å². The lowest BCUT2D eigenvalue weighted by Crippen LogP contribution is -2.63. The van der Waals surface area contributed by atoms with Gasteiger partial charge in [0.25, 0.3) is 0 Å². The van der Waals surface area contributed by atoms with E-state index >= 15 is 0 Å². The molecule has 202 valence electrons. The molecular weight excluding hydrogens is 468 g/mol. The molecule has 0 saturated heterocycles. The first-order valence-electron chi connectivity index (χ1n) is 12.3. The van der Waals surface area contributed by atoms with Crippen molar-refractivity contribution in [2.75, 3.05) is 20.1 Å². The molecule has 13 nitrogen and oxygen atoms in total. The minimum atomic E-state index is -1.17. The number of hydrazine groups is 1. The number of nitrogens with two attached hydrogens (primary N) is 1. The number of carbonyl (C=O) groups is 4. The fourth-order valence-electron chi connectivity index (χ4n) is 3.98. The van der Waals surface area contributed by atoms with Crippen molar-refractivity contribution in [3.05, 3.63) is 11.6 Å². The summed E-state index contributed by atoms with van der Waals surface area (Å²) in [7, 11) is 1.55. The van der Waals surface area contributed by atoms with Crippen LogP contribution >= 0.6 is 0 Å². The molecule has 0 fully saturated rings. The molecule has 36 heavy (non-hydrogen) atoms. The van der Waals surface area contributed by atoms with Crippen LogP contribution in [0.2, 0.25) is 0 Å². The Kier molecular flexibility index (Phi) is 11.9. The van der Waals surface area contributed by atoms with Crippen LogP contribution in [0.4, 0.5) is 0 Å². The van der Waals surface area contributed by atoms with Gasteiger partial charge in [-0.3, -0.25) is 30.5 Å². The number of rotatable bonds is 13. The Hall–Kier alpha value is -2.87. The highest BCUT2D eigenvalue weighted by Crippen LogP contribution is 2.19. The van der Waals surface area contributed by atoms with Crippen LogP contribution in [0.3, 0.4) is 0 Å². The highest BCUT2D eigenvalue weighted by molar-refractivity contribution is 5.96. The number of carboxylic acid groups (broad SMARTS) is 1. The third kappa shape index (κ3) is 9.30. The molecule has 1 aliphatic heterocycles. The Morgan fingerprint density at radius 3 is 2.61 bits per heavy atom. The third-order valence-corrected chi connectivity index (χ3v) is 6.14. The molecule has 0 aromatic rings. The van der Waals surface area contributed by atoms with E-state index in [2.05, 4.69) is 37.0 Å². The lowest BCUT2D eigenvalue weighted by atomic mass is 9.94. The highest BCUT2D eigenvalue weighted by atomic mass is 16.4. The van der Waals surface area contributed by atoms with Crippen LogP contribution in [0, 0.1) is 5.92 Å². The smallest absolute Gasteiger partial charge is 0.326 e. The zero-order chi connectivity index (χ0) is 26.7. The second kappa shape index (κ2) is 14.6. The van der Waals surface area contributed by atoms with Crippen molar-refractivity contribution in [3.63, 3.8) is 0 Å². The average Bonchev–Trinajstić information content (AvgIpc) is 2.87. The second-order valence-corrected chi connectivity index (χ2v) is 9.48. The molecule has 3 amide bonds. The van der Waals surface area contributed by atoms with Gasteiger partial charge >= 0.3 is 5.97 Å². The summed E-state index contributed by atoms with van der Waals surface area (Å²) >= 11 is 0. The number of hydrogen-bond acceptors (Lipinski definition) is 9. The van der Waals surface area contributed by atoms with Crippen molar-refractivity contribution < 1.29 is 24.3 Å². The second-order valence-electron chi connectivity index (χ2n) is 9.48. The molecule has 1 aliphatic carbocycles. The zero-order valence-electron chi connectivity index (χ0n) is 21.2. The zero-order valence-corrected chi connectivity index (χ0v) is 21.2. The maximum absolute atomic E-state index is 12.6. The largest absolute Gasteiger partial charge is 0.480 e. The van der Waals surface area contributed by atoms with Crippen molar-refractivity contribution >= 4 is 29.9 Å². The van der Waals surface area contributed by atoms with E-state index < -0.39 is 30.1 Å². The summed E-state index contributed by atoms with van der Waals surface area (Å²) in [5, 5.41) is 24.0. The summed E-state index contributed by atoms with van der Waals surface area (Å²) in [6, 6.07) is -1.77. The standard InChI is InChI=1S/C23H40N8O5/c1-13(2)10-27-18(32)9-8-17(23(35)36)30-21(33)14-4-6-15(7-5-14)26-11-16-12-28-20(31-24)19(29-16)22(34)25-3/h4,12-13,15-17,19-20,26,29,31H,5-11,24H2,1-3H3,(H,25,34)(H,27,32)(H,30,33)(H,35,36)/t15-,16+,17-,19?,20?/m0/s1. The fourth-order valence-corrected chi connectivity index (χ4v) is 3.98. The number of carbonyl (C=O) groups excluding carboxylic acids is 3. The van der Waals surface area contributed by atoms with Crippen molar-refractivity contribution in [1.29, 1.82) is 0 Å². The Morgan fingerprint density at radius 1 is 1.28 bits per heavy atom. The molecule has 2 unspecified atom stereocenters. The van der Waals surface area contributed by atoms with Crippen LogP contribution < -0.4 is 37.9 Å². The Labute approximate surface area is 211 Å². The molecule has 13 heteroatoms. The van der Waals surface area contributed by atoms with E-state index in [-0.39, 0.29) is 36.7 Å². The molecule has 2 rings (SSSR count). The summed E-state index contributed by atoms with van der Waals surface area (Å²) < 4.78 is 0. The van der Waals surface area contributed by atoms with Gasteiger partial charge in [-0.2, -0.15) is 0 Å². The maximum Gasteiger partial charge on any atom is 0.326 e. The third-order valence-electron chi connectivity index (χ3n) is 6.14. The molecule has 0 aromatic heterocycles. The van der Waals surface area contributed by atoms with Crippen LogP contribution in [0.15, 0.2) is 16.6 Å². The first kappa shape index (κ1) is 29.4. The predicted octanol–water partition coefficient (Wildman–Crippen LogP) is -1.88. The number of carboxylic acids is 1. The van der Waals surface area contributed by atoms with E-state index in [0.717, 1.165) is 0 Å². The van der Waals surface area contributed by atoms with E-state index in [0.29, 0.717) is 43.8 Å². The van der Waals surface area contributed by atoms with Gasteiger partial charge < -0.3 is 26.4 Å². The molecular formula is C23H40N8O5.